The Balaban J connectivity index is 3.39. The number of rotatable bonds is 11. The molecule has 17 heavy (non-hydrogen) atoms. The SMILES string of the molecule is CCCC(NCCCCCCC(C)C)C(=O)O. The zero-order chi connectivity index (χ0) is 13.1. The molecule has 0 saturated carbocycles. The summed E-state index contributed by atoms with van der Waals surface area (Å²) in [7, 11) is 0. The number of unbranched alkanes of at least 4 members (excludes halogenated alkanes) is 3. The molecule has 0 fully saturated rings. The molecule has 0 aliphatic carbocycles. The van der Waals surface area contributed by atoms with Gasteiger partial charge in [0.1, 0.15) is 6.04 Å². The van der Waals surface area contributed by atoms with Gasteiger partial charge in [-0.2, -0.15) is 0 Å². The Morgan fingerprint density at radius 2 is 1.76 bits per heavy atom. The lowest BCUT2D eigenvalue weighted by Gasteiger charge is -2.13. The van der Waals surface area contributed by atoms with Crippen LogP contribution < -0.4 is 5.32 Å². The fourth-order valence-corrected chi connectivity index (χ4v) is 1.91. The van der Waals surface area contributed by atoms with Gasteiger partial charge in [0.2, 0.25) is 0 Å². The van der Waals surface area contributed by atoms with E-state index in [2.05, 4.69) is 19.2 Å². The quantitative estimate of drug-likeness (QED) is 0.547. The molecule has 0 radical (unpaired) electrons. The van der Waals surface area contributed by atoms with Crippen LogP contribution in [0, 0.1) is 5.92 Å². The molecule has 3 heteroatoms. The number of hydrogen-bond donors (Lipinski definition) is 2. The van der Waals surface area contributed by atoms with E-state index in [0.29, 0.717) is 0 Å². The number of aliphatic carboxylic acids is 1. The summed E-state index contributed by atoms with van der Waals surface area (Å²) >= 11 is 0. The van der Waals surface area contributed by atoms with Crippen LogP contribution in [-0.2, 0) is 4.79 Å². The molecular formula is C14H29NO2. The van der Waals surface area contributed by atoms with Gasteiger partial charge in [0.25, 0.3) is 0 Å². The number of carbonyl (C=O) groups is 1. The van der Waals surface area contributed by atoms with Gasteiger partial charge in [0, 0.05) is 0 Å². The third-order valence-electron chi connectivity index (χ3n) is 2.97. The van der Waals surface area contributed by atoms with E-state index in [0.717, 1.165) is 31.7 Å². The summed E-state index contributed by atoms with van der Waals surface area (Å²) in [5.74, 6) is 0.0840. The molecule has 1 atom stereocenters. The smallest absolute Gasteiger partial charge is 0.320 e. The van der Waals surface area contributed by atoms with E-state index in [4.69, 9.17) is 5.11 Å². The normalized spacial score (nSPS) is 12.9. The van der Waals surface area contributed by atoms with E-state index in [1.165, 1.54) is 25.7 Å². The Hall–Kier alpha value is -0.570. The van der Waals surface area contributed by atoms with Gasteiger partial charge in [-0.1, -0.05) is 52.9 Å². The molecule has 0 heterocycles. The number of carboxylic acid groups (broad SMARTS) is 1. The first kappa shape index (κ1) is 16.4. The highest BCUT2D eigenvalue weighted by atomic mass is 16.4. The highest BCUT2D eigenvalue weighted by Crippen LogP contribution is 2.09. The van der Waals surface area contributed by atoms with Gasteiger partial charge >= 0.3 is 5.97 Å². The van der Waals surface area contributed by atoms with Crippen LogP contribution in [0.5, 0.6) is 0 Å². The van der Waals surface area contributed by atoms with Crippen molar-refractivity contribution < 1.29 is 9.90 Å². The van der Waals surface area contributed by atoms with Crippen molar-refractivity contribution in [3.63, 3.8) is 0 Å². The van der Waals surface area contributed by atoms with Gasteiger partial charge in [-0.05, 0) is 25.3 Å². The third kappa shape index (κ3) is 10.3. The van der Waals surface area contributed by atoms with Gasteiger partial charge in [0.15, 0.2) is 0 Å². The Bertz CT molecular complexity index is 193. The summed E-state index contributed by atoms with van der Waals surface area (Å²) < 4.78 is 0. The number of nitrogens with one attached hydrogen (secondary N) is 1. The molecule has 102 valence electrons. The minimum atomic E-state index is -0.716. The topological polar surface area (TPSA) is 49.3 Å². The van der Waals surface area contributed by atoms with Crippen LogP contribution in [0.4, 0.5) is 0 Å². The first-order valence-electron chi connectivity index (χ1n) is 7.04. The van der Waals surface area contributed by atoms with E-state index >= 15 is 0 Å². The molecule has 0 aromatic carbocycles. The largest absolute Gasteiger partial charge is 0.480 e. The lowest BCUT2D eigenvalue weighted by atomic mass is 10.0. The predicted octanol–water partition coefficient (Wildman–Crippen LogP) is 3.44. The average Bonchev–Trinajstić information content (AvgIpc) is 2.25. The molecule has 0 saturated heterocycles. The molecule has 0 amide bonds. The van der Waals surface area contributed by atoms with Crippen molar-refractivity contribution in [3.05, 3.63) is 0 Å². The Morgan fingerprint density at radius 1 is 1.12 bits per heavy atom. The summed E-state index contributed by atoms with van der Waals surface area (Å²) in [5.41, 5.74) is 0. The molecule has 0 aliphatic heterocycles. The van der Waals surface area contributed by atoms with Gasteiger partial charge in [-0.3, -0.25) is 4.79 Å². The van der Waals surface area contributed by atoms with Crippen LogP contribution >= 0.6 is 0 Å². The Kier molecular flexibility index (Phi) is 10.2. The molecule has 1 unspecified atom stereocenters. The fourth-order valence-electron chi connectivity index (χ4n) is 1.91. The first-order chi connectivity index (χ1) is 8.07. The van der Waals surface area contributed by atoms with Crippen molar-refractivity contribution in [3.8, 4) is 0 Å². The van der Waals surface area contributed by atoms with Gasteiger partial charge < -0.3 is 10.4 Å². The highest BCUT2D eigenvalue weighted by Gasteiger charge is 2.14. The van der Waals surface area contributed by atoms with E-state index in [1.807, 2.05) is 6.92 Å². The number of carboxylic acids is 1. The van der Waals surface area contributed by atoms with Crippen LogP contribution in [0.25, 0.3) is 0 Å². The zero-order valence-electron chi connectivity index (χ0n) is 11.7. The monoisotopic (exact) mass is 243 g/mol. The molecule has 2 N–H and O–H groups in total. The van der Waals surface area contributed by atoms with E-state index in [-0.39, 0.29) is 6.04 Å². The maximum atomic E-state index is 10.9. The summed E-state index contributed by atoms with van der Waals surface area (Å²) in [5, 5.41) is 12.1. The van der Waals surface area contributed by atoms with Gasteiger partial charge in [-0.15, -0.1) is 0 Å². The number of hydrogen-bond acceptors (Lipinski definition) is 2. The maximum absolute atomic E-state index is 10.9. The van der Waals surface area contributed by atoms with Gasteiger partial charge in [-0.25, -0.2) is 0 Å². The summed E-state index contributed by atoms with van der Waals surface area (Å²) in [6.45, 7) is 7.36. The van der Waals surface area contributed by atoms with Crippen molar-refractivity contribution in [2.75, 3.05) is 6.54 Å². The van der Waals surface area contributed by atoms with Crippen molar-refractivity contribution in [1.82, 2.24) is 5.32 Å². The second-order valence-corrected chi connectivity index (χ2v) is 5.23. The second kappa shape index (κ2) is 10.6. The molecular weight excluding hydrogens is 214 g/mol. The van der Waals surface area contributed by atoms with Crippen molar-refractivity contribution in [2.45, 2.75) is 71.8 Å². The Morgan fingerprint density at radius 3 is 2.29 bits per heavy atom. The minimum Gasteiger partial charge on any atom is -0.480 e. The lowest BCUT2D eigenvalue weighted by Crippen LogP contribution is -2.37. The molecule has 0 aromatic rings. The Labute approximate surface area is 106 Å². The maximum Gasteiger partial charge on any atom is 0.320 e. The van der Waals surface area contributed by atoms with E-state index in [9.17, 15) is 4.79 Å². The van der Waals surface area contributed by atoms with E-state index < -0.39 is 5.97 Å². The van der Waals surface area contributed by atoms with Gasteiger partial charge in [0.05, 0.1) is 0 Å². The standard InChI is InChI=1S/C14H29NO2/c1-4-9-13(14(16)17)15-11-8-6-5-7-10-12(2)3/h12-13,15H,4-11H2,1-3H3,(H,16,17). The van der Waals surface area contributed by atoms with Crippen LogP contribution in [-0.4, -0.2) is 23.7 Å². The van der Waals surface area contributed by atoms with E-state index in [1.54, 1.807) is 0 Å². The van der Waals surface area contributed by atoms with Crippen molar-refractivity contribution in [1.29, 1.82) is 0 Å². The lowest BCUT2D eigenvalue weighted by molar-refractivity contribution is -0.139. The highest BCUT2D eigenvalue weighted by molar-refractivity contribution is 5.73. The molecule has 0 rings (SSSR count). The third-order valence-corrected chi connectivity index (χ3v) is 2.97. The minimum absolute atomic E-state index is 0.351. The summed E-state index contributed by atoms with van der Waals surface area (Å²) in [6.07, 6.45) is 7.81. The van der Waals surface area contributed by atoms with Crippen molar-refractivity contribution >= 4 is 5.97 Å². The second-order valence-electron chi connectivity index (χ2n) is 5.23. The average molecular weight is 243 g/mol. The van der Waals surface area contributed by atoms with Crippen molar-refractivity contribution in [2.24, 2.45) is 5.92 Å². The summed E-state index contributed by atoms with van der Waals surface area (Å²) in [4.78, 5) is 10.9. The first-order valence-corrected chi connectivity index (χ1v) is 7.04. The van der Waals surface area contributed by atoms with Crippen LogP contribution in [0.3, 0.4) is 0 Å². The predicted molar refractivity (Wildman–Crippen MR) is 72.3 cm³/mol. The van der Waals surface area contributed by atoms with Crippen LogP contribution in [0.1, 0.15) is 65.7 Å². The van der Waals surface area contributed by atoms with Crippen LogP contribution in [0.2, 0.25) is 0 Å². The zero-order valence-corrected chi connectivity index (χ0v) is 11.7. The van der Waals surface area contributed by atoms with Crippen LogP contribution in [0.15, 0.2) is 0 Å². The molecule has 0 aromatic heterocycles. The molecule has 0 bridgehead atoms. The summed E-state index contributed by atoms with van der Waals surface area (Å²) in [6, 6.07) is -0.351. The fraction of sp³-hybridized carbons (Fsp3) is 0.929. The molecule has 0 aliphatic rings. The molecule has 0 spiro atoms. The molecule has 3 nitrogen and oxygen atoms in total.